The summed E-state index contributed by atoms with van der Waals surface area (Å²) in [6.45, 7) is 9.19. The number of carbonyl (C=O) groups excluding carboxylic acids is 1. The zero-order valence-electron chi connectivity index (χ0n) is 14.2. The summed E-state index contributed by atoms with van der Waals surface area (Å²) in [6.07, 6.45) is 1.44. The molecule has 0 unspecified atom stereocenters. The molecule has 0 N–H and O–H groups in total. The van der Waals surface area contributed by atoms with Gasteiger partial charge < -0.3 is 4.90 Å². The molecule has 0 bridgehead atoms. The Bertz CT molecular complexity index is 571. The van der Waals surface area contributed by atoms with Gasteiger partial charge in [0.1, 0.15) is 17.0 Å². The molecule has 0 spiro atoms. The first-order valence-electron chi connectivity index (χ1n) is 8.03. The SMILES string of the molecule is C[C@@H](CC(=O)N1CCS[C@@H]1c1ccc(F)cc1F)CC(C)(C)C. The van der Waals surface area contributed by atoms with Crippen LogP contribution in [0.4, 0.5) is 8.78 Å². The molecule has 1 fully saturated rings. The highest BCUT2D eigenvalue weighted by Gasteiger charge is 2.33. The van der Waals surface area contributed by atoms with Crippen LogP contribution in [0.3, 0.4) is 0 Å². The van der Waals surface area contributed by atoms with Gasteiger partial charge >= 0.3 is 0 Å². The molecule has 128 valence electrons. The van der Waals surface area contributed by atoms with Crippen LogP contribution in [0.15, 0.2) is 18.2 Å². The van der Waals surface area contributed by atoms with Gasteiger partial charge in [0.25, 0.3) is 0 Å². The molecule has 0 aliphatic carbocycles. The first-order valence-corrected chi connectivity index (χ1v) is 9.08. The summed E-state index contributed by atoms with van der Waals surface area (Å²) in [5.74, 6) is -0.0518. The third-order valence-corrected chi connectivity index (χ3v) is 5.17. The van der Waals surface area contributed by atoms with Crippen molar-refractivity contribution in [3.8, 4) is 0 Å². The van der Waals surface area contributed by atoms with Crippen molar-refractivity contribution in [1.29, 1.82) is 0 Å². The molecule has 1 amide bonds. The monoisotopic (exact) mass is 341 g/mol. The molecule has 2 rings (SSSR count). The van der Waals surface area contributed by atoms with Gasteiger partial charge in [-0.15, -0.1) is 11.8 Å². The molecule has 5 heteroatoms. The van der Waals surface area contributed by atoms with Crippen LogP contribution >= 0.6 is 11.8 Å². The first-order chi connectivity index (χ1) is 10.7. The van der Waals surface area contributed by atoms with Crippen LogP contribution < -0.4 is 0 Å². The summed E-state index contributed by atoms with van der Waals surface area (Å²) in [4.78, 5) is 14.4. The Hall–Kier alpha value is -1.10. The third kappa shape index (κ3) is 4.93. The minimum Gasteiger partial charge on any atom is -0.326 e. The van der Waals surface area contributed by atoms with E-state index in [0.29, 0.717) is 18.5 Å². The van der Waals surface area contributed by atoms with E-state index in [1.165, 1.54) is 23.9 Å². The fourth-order valence-corrected chi connectivity index (χ4v) is 4.52. The van der Waals surface area contributed by atoms with E-state index in [1.54, 1.807) is 4.90 Å². The number of rotatable bonds is 4. The molecule has 23 heavy (non-hydrogen) atoms. The van der Waals surface area contributed by atoms with Gasteiger partial charge in [-0.05, 0) is 23.8 Å². The second-order valence-electron chi connectivity index (χ2n) is 7.55. The fraction of sp³-hybridized carbons (Fsp3) is 0.611. The van der Waals surface area contributed by atoms with Crippen molar-refractivity contribution in [3.63, 3.8) is 0 Å². The summed E-state index contributed by atoms with van der Waals surface area (Å²) in [6, 6.07) is 3.59. The van der Waals surface area contributed by atoms with Crippen LogP contribution in [0.1, 0.15) is 51.5 Å². The zero-order chi connectivity index (χ0) is 17.2. The number of halogens is 2. The summed E-state index contributed by atoms with van der Waals surface area (Å²) in [5.41, 5.74) is 0.577. The lowest BCUT2D eigenvalue weighted by atomic mass is 9.84. The number of thioether (sulfide) groups is 1. The van der Waals surface area contributed by atoms with Crippen LogP contribution in [0.2, 0.25) is 0 Å². The second kappa shape index (κ2) is 7.20. The van der Waals surface area contributed by atoms with E-state index >= 15 is 0 Å². The molecule has 1 heterocycles. The van der Waals surface area contributed by atoms with Gasteiger partial charge in [0, 0.05) is 30.3 Å². The van der Waals surface area contributed by atoms with Crippen molar-refractivity contribution < 1.29 is 13.6 Å². The van der Waals surface area contributed by atoms with Crippen molar-refractivity contribution in [2.24, 2.45) is 11.3 Å². The molecule has 2 atom stereocenters. The summed E-state index contributed by atoms with van der Waals surface area (Å²) < 4.78 is 27.1. The molecule has 2 nitrogen and oxygen atoms in total. The zero-order valence-corrected chi connectivity index (χ0v) is 15.1. The highest BCUT2D eigenvalue weighted by Crippen LogP contribution is 2.40. The first kappa shape index (κ1) is 18.2. The fourth-order valence-electron chi connectivity index (χ4n) is 3.22. The van der Waals surface area contributed by atoms with Crippen molar-refractivity contribution in [3.05, 3.63) is 35.4 Å². The lowest BCUT2D eigenvalue weighted by Gasteiger charge is -2.28. The minimum absolute atomic E-state index is 0.0560. The Morgan fingerprint density at radius 2 is 2.09 bits per heavy atom. The molecular weight excluding hydrogens is 316 g/mol. The predicted molar refractivity (Wildman–Crippen MR) is 91.1 cm³/mol. The second-order valence-corrected chi connectivity index (χ2v) is 8.74. The molecule has 1 aromatic rings. The standard InChI is InChI=1S/C18H25F2NOS/c1-12(11-18(2,3)4)9-16(22)21-7-8-23-17(21)14-6-5-13(19)10-15(14)20/h5-6,10,12,17H,7-9,11H2,1-4H3/t12-,17+/m0/s1. The van der Waals surface area contributed by atoms with Crippen molar-refractivity contribution >= 4 is 17.7 Å². The maximum atomic E-state index is 14.0. The Kier molecular flexibility index (Phi) is 5.71. The van der Waals surface area contributed by atoms with Gasteiger partial charge in [-0.3, -0.25) is 4.79 Å². The van der Waals surface area contributed by atoms with Gasteiger partial charge in [0.15, 0.2) is 0 Å². The number of hydrogen-bond donors (Lipinski definition) is 0. The Balaban J connectivity index is 2.07. The molecule has 1 aliphatic rings. The van der Waals surface area contributed by atoms with E-state index in [0.717, 1.165) is 18.2 Å². The average molecular weight is 341 g/mol. The highest BCUT2D eigenvalue weighted by molar-refractivity contribution is 7.99. The van der Waals surface area contributed by atoms with E-state index in [4.69, 9.17) is 0 Å². The summed E-state index contributed by atoms with van der Waals surface area (Å²) >= 11 is 1.53. The number of amides is 1. The molecular formula is C18H25F2NOS. The van der Waals surface area contributed by atoms with E-state index < -0.39 is 11.6 Å². The smallest absolute Gasteiger partial charge is 0.224 e. The van der Waals surface area contributed by atoms with Crippen LogP contribution in [-0.2, 0) is 4.79 Å². The van der Waals surface area contributed by atoms with Gasteiger partial charge in [-0.25, -0.2) is 8.78 Å². The van der Waals surface area contributed by atoms with Crippen LogP contribution in [0.25, 0.3) is 0 Å². The predicted octanol–water partition coefficient (Wildman–Crippen LogP) is 5.00. The molecule has 0 saturated carbocycles. The van der Waals surface area contributed by atoms with Crippen LogP contribution in [0.5, 0.6) is 0 Å². The van der Waals surface area contributed by atoms with Crippen LogP contribution in [0, 0.1) is 23.0 Å². The maximum absolute atomic E-state index is 14.0. The number of nitrogens with zero attached hydrogens (tertiary/aromatic N) is 1. The Morgan fingerprint density at radius 1 is 1.39 bits per heavy atom. The van der Waals surface area contributed by atoms with Crippen LogP contribution in [-0.4, -0.2) is 23.1 Å². The van der Waals surface area contributed by atoms with E-state index in [9.17, 15) is 13.6 Å². The lowest BCUT2D eigenvalue weighted by Crippen LogP contribution is -2.32. The number of benzene rings is 1. The topological polar surface area (TPSA) is 20.3 Å². The van der Waals surface area contributed by atoms with Crippen molar-refractivity contribution in [1.82, 2.24) is 4.90 Å². The minimum atomic E-state index is -0.592. The lowest BCUT2D eigenvalue weighted by molar-refractivity contribution is -0.132. The van der Waals surface area contributed by atoms with Gasteiger partial charge in [0.05, 0.1) is 0 Å². The van der Waals surface area contributed by atoms with E-state index in [2.05, 4.69) is 27.7 Å². The third-order valence-electron chi connectivity index (χ3n) is 3.92. The quantitative estimate of drug-likeness (QED) is 0.768. The summed E-state index contributed by atoms with van der Waals surface area (Å²) in [5, 5.41) is -0.343. The average Bonchev–Trinajstić information content (AvgIpc) is 2.85. The summed E-state index contributed by atoms with van der Waals surface area (Å²) in [7, 11) is 0. The van der Waals surface area contributed by atoms with Gasteiger partial charge in [0.2, 0.25) is 5.91 Å². The molecule has 1 aliphatic heterocycles. The Morgan fingerprint density at radius 3 is 2.70 bits per heavy atom. The van der Waals surface area contributed by atoms with Gasteiger partial charge in [-0.1, -0.05) is 33.8 Å². The molecule has 0 aromatic heterocycles. The van der Waals surface area contributed by atoms with Crippen molar-refractivity contribution in [2.75, 3.05) is 12.3 Å². The van der Waals surface area contributed by atoms with E-state index in [1.807, 2.05) is 0 Å². The highest BCUT2D eigenvalue weighted by atomic mass is 32.2. The normalized spacial score (nSPS) is 19.9. The van der Waals surface area contributed by atoms with Crippen molar-refractivity contribution in [2.45, 2.75) is 45.9 Å². The Labute approximate surface area is 141 Å². The largest absolute Gasteiger partial charge is 0.326 e. The molecule has 0 radical (unpaired) electrons. The molecule has 1 aromatic carbocycles. The number of carbonyl (C=O) groups is 1. The van der Waals surface area contributed by atoms with Gasteiger partial charge in [-0.2, -0.15) is 0 Å². The maximum Gasteiger partial charge on any atom is 0.224 e. The molecule has 1 saturated heterocycles. The number of hydrogen-bond acceptors (Lipinski definition) is 2. The van der Waals surface area contributed by atoms with E-state index in [-0.39, 0.29) is 22.6 Å².